The van der Waals surface area contributed by atoms with Crippen LogP contribution in [0.4, 0.5) is 11.6 Å². The maximum Gasteiger partial charge on any atom is 0.163 e. The summed E-state index contributed by atoms with van der Waals surface area (Å²) in [6, 6.07) is 10.2. The summed E-state index contributed by atoms with van der Waals surface area (Å²) in [6.07, 6.45) is 1.54. The average Bonchev–Trinajstić information content (AvgIpc) is 2.91. The molecule has 0 aliphatic heterocycles. The minimum atomic E-state index is 0.713. The molecule has 20 heavy (non-hydrogen) atoms. The Balaban J connectivity index is 1.93. The van der Waals surface area contributed by atoms with Crippen molar-refractivity contribution in [3.05, 3.63) is 42.2 Å². The molecule has 0 fully saturated rings. The van der Waals surface area contributed by atoms with Crippen molar-refractivity contribution in [1.82, 2.24) is 20.2 Å². The van der Waals surface area contributed by atoms with E-state index in [2.05, 4.69) is 37.6 Å². The van der Waals surface area contributed by atoms with Crippen LogP contribution in [0.5, 0.6) is 0 Å². The molecule has 6 nitrogen and oxygen atoms in total. The zero-order valence-electron chi connectivity index (χ0n) is 11.5. The molecule has 0 saturated heterocycles. The molecule has 3 rings (SSSR count). The second kappa shape index (κ2) is 5.16. The summed E-state index contributed by atoms with van der Waals surface area (Å²) in [5.41, 5.74) is 1.94. The number of rotatable bonds is 4. The van der Waals surface area contributed by atoms with Crippen LogP contribution in [0, 0.1) is 0 Å². The van der Waals surface area contributed by atoms with Crippen LogP contribution in [-0.4, -0.2) is 34.3 Å². The predicted octanol–water partition coefficient (Wildman–Crippen LogP) is 2.03. The Hall–Kier alpha value is -2.63. The first kappa shape index (κ1) is 12.4. The zero-order valence-corrected chi connectivity index (χ0v) is 11.5. The van der Waals surface area contributed by atoms with E-state index in [0.29, 0.717) is 6.54 Å². The third-order valence-corrected chi connectivity index (χ3v) is 3.06. The number of H-pyrrole nitrogens is 1. The highest BCUT2D eigenvalue weighted by Crippen LogP contribution is 2.27. The predicted molar refractivity (Wildman–Crippen MR) is 79.8 cm³/mol. The molecule has 3 aromatic rings. The highest BCUT2D eigenvalue weighted by molar-refractivity contribution is 5.96. The quantitative estimate of drug-likeness (QED) is 0.757. The average molecular weight is 268 g/mol. The van der Waals surface area contributed by atoms with Gasteiger partial charge in [0.25, 0.3) is 0 Å². The SMILES string of the molecule is CN(C)c1n[nH]c2ncnc(NCc3ccccc3)c12. The topological polar surface area (TPSA) is 69.7 Å². The molecule has 2 aromatic heterocycles. The molecule has 2 N–H and O–H groups in total. The van der Waals surface area contributed by atoms with E-state index in [1.54, 1.807) is 0 Å². The Morgan fingerprint density at radius 3 is 2.70 bits per heavy atom. The fourth-order valence-corrected chi connectivity index (χ4v) is 2.08. The maximum absolute atomic E-state index is 4.33. The van der Waals surface area contributed by atoms with Gasteiger partial charge in [-0.15, -0.1) is 0 Å². The third-order valence-electron chi connectivity index (χ3n) is 3.06. The van der Waals surface area contributed by atoms with Crippen LogP contribution >= 0.6 is 0 Å². The van der Waals surface area contributed by atoms with Gasteiger partial charge in [-0.2, -0.15) is 5.10 Å². The molecule has 6 heteroatoms. The van der Waals surface area contributed by atoms with Crippen molar-refractivity contribution in [2.45, 2.75) is 6.54 Å². The number of fused-ring (bicyclic) bond motifs is 1. The molecule has 102 valence electrons. The van der Waals surface area contributed by atoms with Crippen LogP contribution in [0.1, 0.15) is 5.56 Å². The van der Waals surface area contributed by atoms with Gasteiger partial charge in [0.05, 0.1) is 0 Å². The van der Waals surface area contributed by atoms with Gasteiger partial charge < -0.3 is 10.2 Å². The summed E-state index contributed by atoms with van der Waals surface area (Å²) in [6.45, 7) is 0.713. The Labute approximate surface area is 116 Å². The molecule has 0 atom stereocenters. The van der Waals surface area contributed by atoms with Gasteiger partial charge in [-0.25, -0.2) is 9.97 Å². The number of hydrogen-bond acceptors (Lipinski definition) is 5. The Bertz CT molecular complexity index is 704. The van der Waals surface area contributed by atoms with Crippen molar-refractivity contribution >= 4 is 22.7 Å². The van der Waals surface area contributed by atoms with E-state index in [9.17, 15) is 0 Å². The van der Waals surface area contributed by atoms with Gasteiger partial charge in [-0.3, -0.25) is 5.10 Å². The number of anilines is 2. The van der Waals surface area contributed by atoms with Crippen molar-refractivity contribution in [3.63, 3.8) is 0 Å². The van der Waals surface area contributed by atoms with E-state index < -0.39 is 0 Å². The van der Waals surface area contributed by atoms with Gasteiger partial charge in [-0.1, -0.05) is 30.3 Å². The lowest BCUT2D eigenvalue weighted by Gasteiger charge is -2.11. The number of aromatic nitrogens is 4. The lowest BCUT2D eigenvalue weighted by Crippen LogP contribution is -2.10. The van der Waals surface area contributed by atoms with Gasteiger partial charge in [0.1, 0.15) is 17.5 Å². The number of hydrogen-bond donors (Lipinski definition) is 2. The van der Waals surface area contributed by atoms with Crippen LogP contribution < -0.4 is 10.2 Å². The highest BCUT2D eigenvalue weighted by atomic mass is 15.3. The van der Waals surface area contributed by atoms with E-state index in [4.69, 9.17) is 0 Å². The first-order chi connectivity index (χ1) is 9.75. The smallest absolute Gasteiger partial charge is 0.163 e. The van der Waals surface area contributed by atoms with Gasteiger partial charge in [0, 0.05) is 20.6 Å². The molecular weight excluding hydrogens is 252 g/mol. The van der Waals surface area contributed by atoms with E-state index in [-0.39, 0.29) is 0 Å². The summed E-state index contributed by atoms with van der Waals surface area (Å²) in [5.74, 6) is 1.62. The molecule has 0 amide bonds. The second-order valence-electron chi connectivity index (χ2n) is 4.73. The van der Waals surface area contributed by atoms with Crippen LogP contribution in [-0.2, 0) is 6.54 Å². The molecular formula is C14H16N6. The van der Waals surface area contributed by atoms with E-state index in [1.807, 2.05) is 37.2 Å². The second-order valence-corrected chi connectivity index (χ2v) is 4.73. The molecule has 0 saturated carbocycles. The molecule has 0 spiro atoms. The van der Waals surface area contributed by atoms with Gasteiger partial charge in [-0.05, 0) is 5.56 Å². The number of nitrogens with one attached hydrogen (secondary N) is 2. The molecule has 0 unspecified atom stereocenters. The summed E-state index contributed by atoms with van der Waals surface area (Å²) in [5, 5.41) is 11.5. The maximum atomic E-state index is 4.33. The minimum absolute atomic E-state index is 0.713. The Morgan fingerprint density at radius 1 is 1.15 bits per heavy atom. The van der Waals surface area contributed by atoms with Crippen molar-refractivity contribution in [2.75, 3.05) is 24.3 Å². The highest BCUT2D eigenvalue weighted by Gasteiger charge is 2.13. The largest absolute Gasteiger partial charge is 0.365 e. The van der Waals surface area contributed by atoms with Gasteiger partial charge in [0.15, 0.2) is 11.5 Å². The standard InChI is InChI=1S/C14H16N6/c1-20(2)14-11-12(16-9-17-13(11)18-19-14)15-8-10-6-4-3-5-7-10/h3-7,9H,8H2,1-2H3,(H2,15,16,17,18,19). The van der Waals surface area contributed by atoms with Crippen molar-refractivity contribution in [3.8, 4) is 0 Å². The van der Waals surface area contributed by atoms with Gasteiger partial charge in [0.2, 0.25) is 0 Å². The van der Waals surface area contributed by atoms with Crippen LogP contribution in [0.2, 0.25) is 0 Å². The van der Waals surface area contributed by atoms with Crippen LogP contribution in [0.3, 0.4) is 0 Å². The summed E-state index contributed by atoms with van der Waals surface area (Å²) < 4.78 is 0. The zero-order chi connectivity index (χ0) is 13.9. The molecule has 0 bridgehead atoms. The number of nitrogens with zero attached hydrogens (tertiary/aromatic N) is 4. The number of benzene rings is 1. The lowest BCUT2D eigenvalue weighted by atomic mass is 10.2. The molecule has 0 aliphatic carbocycles. The lowest BCUT2D eigenvalue weighted by molar-refractivity contribution is 1.02. The van der Waals surface area contributed by atoms with Crippen molar-refractivity contribution in [2.24, 2.45) is 0 Å². The molecule has 2 heterocycles. The molecule has 0 radical (unpaired) electrons. The summed E-state index contributed by atoms with van der Waals surface area (Å²) >= 11 is 0. The molecule has 0 aliphatic rings. The minimum Gasteiger partial charge on any atom is -0.365 e. The van der Waals surface area contributed by atoms with Crippen LogP contribution in [0.25, 0.3) is 11.0 Å². The van der Waals surface area contributed by atoms with Crippen molar-refractivity contribution in [1.29, 1.82) is 0 Å². The Kier molecular flexibility index (Phi) is 3.20. The first-order valence-electron chi connectivity index (χ1n) is 6.40. The van der Waals surface area contributed by atoms with E-state index in [0.717, 1.165) is 22.7 Å². The van der Waals surface area contributed by atoms with Crippen LogP contribution in [0.15, 0.2) is 36.7 Å². The monoisotopic (exact) mass is 268 g/mol. The normalized spacial score (nSPS) is 10.7. The van der Waals surface area contributed by atoms with E-state index in [1.165, 1.54) is 11.9 Å². The fraction of sp³-hybridized carbons (Fsp3) is 0.214. The van der Waals surface area contributed by atoms with Crippen molar-refractivity contribution < 1.29 is 0 Å². The summed E-state index contributed by atoms with van der Waals surface area (Å²) in [4.78, 5) is 10.5. The third kappa shape index (κ3) is 2.27. The van der Waals surface area contributed by atoms with E-state index >= 15 is 0 Å². The first-order valence-corrected chi connectivity index (χ1v) is 6.40. The fourth-order valence-electron chi connectivity index (χ4n) is 2.08. The number of aromatic amines is 1. The Morgan fingerprint density at radius 2 is 1.95 bits per heavy atom. The van der Waals surface area contributed by atoms with Gasteiger partial charge >= 0.3 is 0 Å². The summed E-state index contributed by atoms with van der Waals surface area (Å²) in [7, 11) is 3.90. The molecule has 1 aromatic carbocycles.